The van der Waals surface area contributed by atoms with Crippen LogP contribution < -0.4 is 5.73 Å². The fourth-order valence-electron chi connectivity index (χ4n) is 1.49. The quantitative estimate of drug-likeness (QED) is 0.570. The standard InChI is InChI=1S/C9H19NO/c10-7-3-1-2-4-9(8-11)5-6-9/h11H,1-8,10H2. The molecule has 0 aromatic carbocycles. The highest BCUT2D eigenvalue weighted by atomic mass is 16.3. The molecule has 1 rings (SSSR count). The molecule has 2 nitrogen and oxygen atoms in total. The van der Waals surface area contributed by atoms with Crippen molar-refractivity contribution in [2.24, 2.45) is 11.1 Å². The molecule has 0 radical (unpaired) electrons. The Labute approximate surface area is 68.8 Å². The predicted octanol–water partition coefficient (Wildman–Crippen LogP) is 1.28. The van der Waals surface area contributed by atoms with Crippen LogP contribution in [0.3, 0.4) is 0 Å². The van der Waals surface area contributed by atoms with Gasteiger partial charge in [0.05, 0.1) is 0 Å². The Morgan fingerprint density at radius 3 is 2.36 bits per heavy atom. The monoisotopic (exact) mass is 157 g/mol. The van der Waals surface area contributed by atoms with Crippen molar-refractivity contribution in [1.82, 2.24) is 0 Å². The summed E-state index contributed by atoms with van der Waals surface area (Å²) >= 11 is 0. The van der Waals surface area contributed by atoms with Crippen molar-refractivity contribution in [3.8, 4) is 0 Å². The molecule has 0 atom stereocenters. The third-order valence-electron chi connectivity index (χ3n) is 2.70. The van der Waals surface area contributed by atoms with Crippen molar-refractivity contribution in [2.75, 3.05) is 13.2 Å². The van der Waals surface area contributed by atoms with E-state index in [2.05, 4.69) is 0 Å². The van der Waals surface area contributed by atoms with Crippen LogP contribution in [0.5, 0.6) is 0 Å². The second-order valence-corrected chi connectivity index (χ2v) is 3.76. The van der Waals surface area contributed by atoms with Gasteiger partial charge in [0.15, 0.2) is 0 Å². The molecule has 11 heavy (non-hydrogen) atoms. The molecular formula is C9H19NO. The average molecular weight is 157 g/mol. The number of nitrogens with two attached hydrogens (primary N) is 1. The highest BCUT2D eigenvalue weighted by Crippen LogP contribution is 2.49. The molecule has 66 valence electrons. The van der Waals surface area contributed by atoms with Crippen LogP contribution in [0.15, 0.2) is 0 Å². The molecule has 2 heteroatoms. The Balaban J connectivity index is 1.94. The topological polar surface area (TPSA) is 46.2 Å². The molecule has 1 saturated carbocycles. The molecule has 0 saturated heterocycles. The molecule has 0 heterocycles. The number of hydrogen-bond donors (Lipinski definition) is 2. The maximum absolute atomic E-state index is 8.99. The summed E-state index contributed by atoms with van der Waals surface area (Å²) in [5.41, 5.74) is 5.73. The van der Waals surface area contributed by atoms with E-state index in [4.69, 9.17) is 10.8 Å². The van der Waals surface area contributed by atoms with Crippen molar-refractivity contribution in [2.45, 2.75) is 38.5 Å². The normalized spacial score (nSPS) is 20.2. The Kier molecular flexibility index (Phi) is 3.34. The van der Waals surface area contributed by atoms with Gasteiger partial charge in [-0.15, -0.1) is 0 Å². The van der Waals surface area contributed by atoms with Crippen LogP contribution in [-0.2, 0) is 0 Å². The van der Waals surface area contributed by atoms with Gasteiger partial charge in [-0.05, 0) is 37.6 Å². The van der Waals surface area contributed by atoms with Crippen LogP contribution in [0, 0.1) is 5.41 Å². The van der Waals surface area contributed by atoms with Crippen LogP contribution >= 0.6 is 0 Å². The lowest BCUT2D eigenvalue weighted by molar-refractivity contribution is 0.200. The van der Waals surface area contributed by atoms with Gasteiger partial charge in [-0.2, -0.15) is 0 Å². The molecule has 0 bridgehead atoms. The summed E-state index contributed by atoms with van der Waals surface area (Å²) in [7, 11) is 0. The van der Waals surface area contributed by atoms with Crippen LogP contribution in [0.1, 0.15) is 38.5 Å². The Bertz CT molecular complexity index is 110. The molecular weight excluding hydrogens is 138 g/mol. The number of unbranched alkanes of at least 4 members (excludes halogenated alkanes) is 2. The molecule has 1 aliphatic carbocycles. The minimum absolute atomic E-state index is 0.356. The number of rotatable bonds is 6. The van der Waals surface area contributed by atoms with Crippen LogP contribution in [0.2, 0.25) is 0 Å². The lowest BCUT2D eigenvalue weighted by atomic mass is 9.99. The Morgan fingerprint density at radius 2 is 1.91 bits per heavy atom. The molecule has 0 aromatic heterocycles. The van der Waals surface area contributed by atoms with Gasteiger partial charge in [0.2, 0.25) is 0 Å². The van der Waals surface area contributed by atoms with Gasteiger partial charge in [-0.1, -0.05) is 12.8 Å². The molecule has 0 aromatic rings. The van der Waals surface area contributed by atoms with Crippen LogP contribution in [0.4, 0.5) is 0 Å². The summed E-state index contributed by atoms with van der Waals surface area (Å²) in [6, 6.07) is 0. The molecule has 0 unspecified atom stereocenters. The van der Waals surface area contributed by atoms with E-state index in [0.717, 1.165) is 13.0 Å². The van der Waals surface area contributed by atoms with E-state index in [1.54, 1.807) is 0 Å². The summed E-state index contributed by atoms with van der Waals surface area (Å²) < 4.78 is 0. The predicted molar refractivity (Wildman–Crippen MR) is 46.3 cm³/mol. The van der Waals surface area contributed by atoms with E-state index in [-0.39, 0.29) is 0 Å². The molecule has 0 spiro atoms. The first-order valence-electron chi connectivity index (χ1n) is 4.64. The maximum Gasteiger partial charge on any atom is 0.0487 e. The minimum Gasteiger partial charge on any atom is -0.396 e. The first-order valence-corrected chi connectivity index (χ1v) is 4.64. The largest absolute Gasteiger partial charge is 0.396 e. The van der Waals surface area contributed by atoms with Crippen molar-refractivity contribution >= 4 is 0 Å². The van der Waals surface area contributed by atoms with Gasteiger partial charge in [-0.25, -0.2) is 0 Å². The molecule has 1 aliphatic rings. The number of aliphatic hydroxyl groups is 1. The van der Waals surface area contributed by atoms with E-state index >= 15 is 0 Å². The lowest BCUT2D eigenvalue weighted by Gasteiger charge is -2.09. The second-order valence-electron chi connectivity index (χ2n) is 3.76. The summed E-state index contributed by atoms with van der Waals surface area (Å²) in [6.07, 6.45) is 7.32. The van der Waals surface area contributed by atoms with Gasteiger partial charge < -0.3 is 10.8 Å². The van der Waals surface area contributed by atoms with Gasteiger partial charge in [0, 0.05) is 6.61 Å². The molecule has 1 fully saturated rings. The zero-order chi connectivity index (χ0) is 8.16. The van der Waals surface area contributed by atoms with E-state index in [0.29, 0.717) is 12.0 Å². The van der Waals surface area contributed by atoms with E-state index in [1.165, 1.54) is 32.1 Å². The zero-order valence-electron chi connectivity index (χ0n) is 7.18. The average Bonchev–Trinajstić information content (AvgIpc) is 2.80. The first-order chi connectivity index (χ1) is 5.33. The van der Waals surface area contributed by atoms with Crippen LogP contribution in [0.25, 0.3) is 0 Å². The van der Waals surface area contributed by atoms with Gasteiger partial charge >= 0.3 is 0 Å². The molecule has 3 N–H and O–H groups in total. The third kappa shape index (κ3) is 2.80. The van der Waals surface area contributed by atoms with Gasteiger partial charge in [0.25, 0.3) is 0 Å². The van der Waals surface area contributed by atoms with Crippen molar-refractivity contribution < 1.29 is 5.11 Å². The van der Waals surface area contributed by atoms with Crippen molar-refractivity contribution in [3.05, 3.63) is 0 Å². The molecule has 0 amide bonds. The smallest absolute Gasteiger partial charge is 0.0487 e. The Hall–Kier alpha value is -0.0800. The van der Waals surface area contributed by atoms with E-state index < -0.39 is 0 Å². The SMILES string of the molecule is NCCCCCC1(CO)CC1. The van der Waals surface area contributed by atoms with Crippen LogP contribution in [-0.4, -0.2) is 18.3 Å². The third-order valence-corrected chi connectivity index (χ3v) is 2.70. The van der Waals surface area contributed by atoms with E-state index in [1.807, 2.05) is 0 Å². The summed E-state index contributed by atoms with van der Waals surface area (Å²) in [6.45, 7) is 1.21. The van der Waals surface area contributed by atoms with Gasteiger partial charge in [0.1, 0.15) is 0 Å². The fourth-order valence-corrected chi connectivity index (χ4v) is 1.49. The van der Waals surface area contributed by atoms with Crippen molar-refractivity contribution in [3.63, 3.8) is 0 Å². The second kappa shape index (κ2) is 4.07. The first kappa shape index (κ1) is 9.01. The highest BCUT2D eigenvalue weighted by Gasteiger charge is 2.40. The number of hydrogen-bond acceptors (Lipinski definition) is 2. The maximum atomic E-state index is 8.99. The molecule has 0 aliphatic heterocycles. The highest BCUT2D eigenvalue weighted by molar-refractivity contribution is 4.91. The Morgan fingerprint density at radius 1 is 1.18 bits per heavy atom. The van der Waals surface area contributed by atoms with Crippen molar-refractivity contribution in [1.29, 1.82) is 0 Å². The lowest BCUT2D eigenvalue weighted by Crippen LogP contribution is -2.06. The zero-order valence-corrected chi connectivity index (χ0v) is 7.18. The van der Waals surface area contributed by atoms with Gasteiger partial charge in [-0.3, -0.25) is 0 Å². The summed E-state index contributed by atoms with van der Waals surface area (Å²) in [5, 5.41) is 8.99. The number of aliphatic hydroxyl groups excluding tert-OH is 1. The summed E-state index contributed by atoms with van der Waals surface area (Å²) in [5.74, 6) is 0. The minimum atomic E-state index is 0.356. The summed E-state index contributed by atoms with van der Waals surface area (Å²) in [4.78, 5) is 0. The van der Waals surface area contributed by atoms with E-state index in [9.17, 15) is 0 Å². The fraction of sp³-hybridized carbons (Fsp3) is 1.00.